The van der Waals surface area contributed by atoms with Gasteiger partial charge in [0.15, 0.2) is 5.76 Å². The molecular formula is C14H10N6O5. The summed E-state index contributed by atoms with van der Waals surface area (Å²) < 4.78 is 10.1. The largest absolute Gasteiger partial charge is 0.433 e. The third-order valence-electron chi connectivity index (χ3n) is 3.71. The van der Waals surface area contributed by atoms with Crippen LogP contribution in [0.4, 0.5) is 5.88 Å². The van der Waals surface area contributed by atoms with E-state index in [-0.39, 0.29) is 17.5 Å². The highest BCUT2D eigenvalue weighted by atomic mass is 16.6. The first-order valence-corrected chi connectivity index (χ1v) is 7.26. The summed E-state index contributed by atoms with van der Waals surface area (Å²) in [5, 5.41) is 14.4. The molecule has 11 heteroatoms. The lowest BCUT2D eigenvalue weighted by Crippen LogP contribution is -2.48. The maximum absolute atomic E-state index is 12.2. The average Bonchev–Trinajstić information content (AvgIpc) is 3.24. The molecule has 25 heavy (non-hydrogen) atoms. The van der Waals surface area contributed by atoms with E-state index in [4.69, 9.17) is 8.94 Å². The van der Waals surface area contributed by atoms with Crippen LogP contribution in [0.5, 0.6) is 0 Å². The Bertz CT molecular complexity index is 930. The lowest BCUT2D eigenvalue weighted by atomic mass is 10.00. The maximum Gasteiger partial charge on any atom is 0.433 e. The van der Waals surface area contributed by atoms with Crippen molar-refractivity contribution >= 4 is 11.8 Å². The fourth-order valence-corrected chi connectivity index (χ4v) is 2.40. The zero-order valence-corrected chi connectivity index (χ0v) is 12.6. The van der Waals surface area contributed by atoms with E-state index in [1.807, 2.05) is 0 Å². The number of nitrogens with zero attached hydrogens (tertiary/aromatic N) is 6. The number of rotatable bonds is 4. The van der Waals surface area contributed by atoms with E-state index in [2.05, 4.69) is 20.1 Å². The first kappa shape index (κ1) is 14.9. The number of nitro groups is 1. The van der Waals surface area contributed by atoms with E-state index in [0.717, 1.165) is 6.07 Å². The van der Waals surface area contributed by atoms with Gasteiger partial charge in [0, 0.05) is 25.5 Å². The van der Waals surface area contributed by atoms with Crippen LogP contribution in [0.15, 0.2) is 39.5 Å². The van der Waals surface area contributed by atoms with E-state index < -0.39 is 16.7 Å². The van der Waals surface area contributed by atoms with Crippen LogP contribution in [0.3, 0.4) is 0 Å². The lowest BCUT2D eigenvalue weighted by molar-refractivity contribution is -0.402. The molecular weight excluding hydrogens is 332 g/mol. The Morgan fingerprint density at radius 1 is 1.24 bits per heavy atom. The number of hydrogen-bond acceptors (Lipinski definition) is 9. The Labute approximate surface area is 139 Å². The average molecular weight is 342 g/mol. The molecule has 1 aliphatic rings. The molecule has 3 aromatic rings. The molecule has 1 amide bonds. The molecule has 0 bridgehead atoms. The number of aromatic nitrogens is 4. The molecule has 0 radical (unpaired) electrons. The second-order valence-corrected chi connectivity index (χ2v) is 5.33. The van der Waals surface area contributed by atoms with Gasteiger partial charge in [0.25, 0.3) is 5.91 Å². The minimum Gasteiger partial charge on any atom is -0.395 e. The SMILES string of the molecule is O=C(c1ccc([N+](=O)[O-])o1)N1CC(c2nc(-c3ncccn3)no2)C1. The van der Waals surface area contributed by atoms with Crippen LogP contribution in [0.1, 0.15) is 22.4 Å². The number of likely N-dealkylation sites (tertiary alicyclic amines) is 1. The summed E-state index contributed by atoms with van der Waals surface area (Å²) in [5.41, 5.74) is 0. The lowest BCUT2D eigenvalue weighted by Gasteiger charge is -2.36. The molecule has 3 aromatic heterocycles. The number of carbonyl (C=O) groups is 1. The van der Waals surface area contributed by atoms with Gasteiger partial charge in [-0.2, -0.15) is 4.98 Å². The Kier molecular flexibility index (Phi) is 3.45. The molecule has 1 aliphatic heterocycles. The number of furan rings is 1. The molecule has 4 rings (SSSR count). The molecule has 0 atom stereocenters. The van der Waals surface area contributed by atoms with Crippen LogP contribution in [0, 0.1) is 10.1 Å². The molecule has 0 spiro atoms. The predicted octanol–water partition coefficient (Wildman–Crippen LogP) is 1.27. The van der Waals surface area contributed by atoms with Crippen LogP contribution in [-0.2, 0) is 0 Å². The maximum atomic E-state index is 12.2. The van der Waals surface area contributed by atoms with Crippen LogP contribution < -0.4 is 0 Å². The van der Waals surface area contributed by atoms with Crippen molar-refractivity contribution in [3.05, 3.63) is 52.4 Å². The fraction of sp³-hybridized carbons (Fsp3) is 0.214. The molecule has 11 nitrogen and oxygen atoms in total. The number of carbonyl (C=O) groups excluding carboxylic acids is 1. The monoisotopic (exact) mass is 342 g/mol. The van der Waals surface area contributed by atoms with E-state index in [1.165, 1.54) is 11.0 Å². The molecule has 0 N–H and O–H groups in total. The van der Waals surface area contributed by atoms with Crippen LogP contribution >= 0.6 is 0 Å². The molecule has 0 saturated carbocycles. The highest BCUT2D eigenvalue weighted by Crippen LogP contribution is 2.29. The van der Waals surface area contributed by atoms with Gasteiger partial charge in [-0.3, -0.25) is 14.9 Å². The van der Waals surface area contributed by atoms with Crippen LogP contribution in [-0.4, -0.2) is 48.9 Å². The topological polar surface area (TPSA) is 141 Å². The van der Waals surface area contributed by atoms with Gasteiger partial charge in [0.1, 0.15) is 4.92 Å². The van der Waals surface area contributed by atoms with E-state index in [9.17, 15) is 14.9 Å². The standard InChI is InChI=1S/C14H10N6O5/c21-14(9-2-3-10(24-9)20(22)23)19-6-8(7-19)13-17-12(18-25-13)11-15-4-1-5-16-11/h1-5,8H,6-7H2. The third-order valence-corrected chi connectivity index (χ3v) is 3.71. The predicted molar refractivity (Wildman–Crippen MR) is 79.3 cm³/mol. The van der Waals surface area contributed by atoms with Gasteiger partial charge in [-0.15, -0.1) is 0 Å². The summed E-state index contributed by atoms with van der Waals surface area (Å²) in [6.07, 6.45) is 3.15. The summed E-state index contributed by atoms with van der Waals surface area (Å²) in [5.74, 6) is -0.0557. The zero-order valence-electron chi connectivity index (χ0n) is 12.6. The second-order valence-electron chi connectivity index (χ2n) is 5.33. The third kappa shape index (κ3) is 2.71. The Hall–Kier alpha value is -3.63. The van der Waals surface area contributed by atoms with Gasteiger partial charge in [-0.25, -0.2) is 9.97 Å². The number of amides is 1. The summed E-state index contributed by atoms with van der Waals surface area (Å²) in [4.78, 5) is 35.9. The Balaban J connectivity index is 1.41. The fourth-order valence-electron chi connectivity index (χ4n) is 2.40. The van der Waals surface area contributed by atoms with Crippen molar-refractivity contribution < 1.29 is 18.7 Å². The first-order valence-electron chi connectivity index (χ1n) is 7.26. The van der Waals surface area contributed by atoms with E-state index >= 15 is 0 Å². The minimum atomic E-state index is -0.693. The van der Waals surface area contributed by atoms with Gasteiger partial charge in [0.2, 0.25) is 17.5 Å². The highest BCUT2D eigenvalue weighted by molar-refractivity contribution is 5.92. The molecule has 126 valence electrons. The molecule has 4 heterocycles. The van der Waals surface area contributed by atoms with Crippen molar-refractivity contribution in [3.63, 3.8) is 0 Å². The van der Waals surface area contributed by atoms with Gasteiger partial charge < -0.3 is 13.8 Å². The van der Waals surface area contributed by atoms with Crippen LogP contribution in [0.25, 0.3) is 11.6 Å². The quantitative estimate of drug-likeness (QED) is 0.506. The molecule has 0 unspecified atom stereocenters. The van der Waals surface area contributed by atoms with Gasteiger partial charge in [-0.05, 0) is 12.1 Å². The van der Waals surface area contributed by atoms with Gasteiger partial charge >= 0.3 is 5.88 Å². The van der Waals surface area contributed by atoms with Crippen LogP contribution in [0.2, 0.25) is 0 Å². The smallest absolute Gasteiger partial charge is 0.395 e. The Morgan fingerprint density at radius 2 is 2.00 bits per heavy atom. The summed E-state index contributed by atoms with van der Waals surface area (Å²) in [6, 6.07) is 4.11. The second kappa shape index (κ2) is 5.78. The normalized spacial score (nSPS) is 14.3. The summed E-state index contributed by atoms with van der Waals surface area (Å²) in [6.45, 7) is 0.704. The minimum absolute atomic E-state index is 0.0750. The summed E-state index contributed by atoms with van der Waals surface area (Å²) in [7, 11) is 0. The van der Waals surface area contributed by atoms with E-state index in [1.54, 1.807) is 18.5 Å². The van der Waals surface area contributed by atoms with Gasteiger partial charge in [0.05, 0.1) is 12.0 Å². The molecule has 0 aliphatic carbocycles. The van der Waals surface area contributed by atoms with Crippen molar-refractivity contribution in [3.8, 4) is 11.6 Å². The Morgan fingerprint density at radius 3 is 2.68 bits per heavy atom. The van der Waals surface area contributed by atoms with Crippen molar-refractivity contribution in [2.45, 2.75) is 5.92 Å². The van der Waals surface area contributed by atoms with Crippen molar-refractivity contribution in [2.24, 2.45) is 0 Å². The molecule has 1 saturated heterocycles. The first-order chi connectivity index (χ1) is 12.1. The van der Waals surface area contributed by atoms with Crippen molar-refractivity contribution in [1.29, 1.82) is 0 Å². The van der Waals surface area contributed by atoms with E-state index in [0.29, 0.717) is 24.8 Å². The summed E-state index contributed by atoms with van der Waals surface area (Å²) >= 11 is 0. The molecule has 0 aromatic carbocycles. The van der Waals surface area contributed by atoms with Crippen molar-refractivity contribution in [1.82, 2.24) is 25.0 Å². The zero-order chi connectivity index (χ0) is 17.4. The number of hydrogen-bond donors (Lipinski definition) is 0. The van der Waals surface area contributed by atoms with Crippen molar-refractivity contribution in [2.75, 3.05) is 13.1 Å². The van der Waals surface area contributed by atoms with Gasteiger partial charge in [-0.1, -0.05) is 5.16 Å². The highest BCUT2D eigenvalue weighted by Gasteiger charge is 2.37. The molecule has 1 fully saturated rings.